The Morgan fingerprint density at radius 1 is 1.67 bits per heavy atom. The molecule has 0 radical (unpaired) electrons. The van der Waals surface area contributed by atoms with Gasteiger partial charge in [0.15, 0.2) is 0 Å². The average Bonchev–Trinajstić information content (AvgIpc) is 2.56. The number of hydrogen-bond acceptors (Lipinski definition) is 2. The number of nitrogens with one attached hydrogen (secondary N) is 2. The Bertz CT molecular complexity index is 231. The molecule has 0 saturated carbocycles. The third kappa shape index (κ3) is 2.39. The highest BCUT2D eigenvalue weighted by molar-refractivity contribution is 5.92. The molecular weight excluding hydrogens is 156 g/mol. The Hall–Kier alpha value is -1.29. The normalized spacial score (nSPS) is 9.75. The molecule has 0 fully saturated rings. The maximum atomic E-state index is 11.2. The summed E-state index contributed by atoms with van der Waals surface area (Å²) in [5.41, 5.74) is 0.549. The molecule has 1 amide bonds. The van der Waals surface area contributed by atoms with E-state index >= 15 is 0 Å². The number of carbonyl (C=O) groups excluding carboxylic acids is 1. The van der Waals surface area contributed by atoms with Crippen molar-refractivity contribution in [3.05, 3.63) is 24.0 Å². The summed E-state index contributed by atoms with van der Waals surface area (Å²) in [7, 11) is 0. The SMILES string of the molecule is O=C(NCCCO)c1ccc[nH]1. The minimum absolute atomic E-state index is 0.102. The van der Waals surface area contributed by atoms with E-state index < -0.39 is 0 Å². The molecule has 66 valence electrons. The van der Waals surface area contributed by atoms with E-state index in [1.54, 1.807) is 18.3 Å². The second kappa shape index (κ2) is 4.56. The van der Waals surface area contributed by atoms with Gasteiger partial charge >= 0.3 is 0 Å². The minimum Gasteiger partial charge on any atom is -0.396 e. The molecule has 0 bridgehead atoms. The Labute approximate surface area is 70.6 Å². The number of amides is 1. The van der Waals surface area contributed by atoms with Crippen molar-refractivity contribution in [1.82, 2.24) is 10.3 Å². The molecule has 0 saturated heterocycles. The third-order valence-corrected chi connectivity index (χ3v) is 1.46. The number of H-pyrrole nitrogens is 1. The lowest BCUT2D eigenvalue weighted by Gasteiger charge is -2.00. The van der Waals surface area contributed by atoms with Crippen molar-refractivity contribution < 1.29 is 9.90 Å². The van der Waals surface area contributed by atoms with Crippen molar-refractivity contribution in [2.75, 3.05) is 13.2 Å². The lowest BCUT2D eigenvalue weighted by Crippen LogP contribution is -2.25. The zero-order valence-corrected chi connectivity index (χ0v) is 6.71. The van der Waals surface area contributed by atoms with Crippen LogP contribution in [0, 0.1) is 0 Å². The lowest BCUT2D eigenvalue weighted by atomic mass is 10.4. The van der Waals surface area contributed by atoms with Crippen LogP contribution in [0.25, 0.3) is 0 Å². The predicted octanol–water partition coefficient (Wildman–Crippen LogP) is 0.127. The summed E-state index contributed by atoms with van der Waals surface area (Å²) < 4.78 is 0. The van der Waals surface area contributed by atoms with Crippen LogP contribution in [0.3, 0.4) is 0 Å². The van der Waals surface area contributed by atoms with Gasteiger partial charge in [0.1, 0.15) is 5.69 Å². The van der Waals surface area contributed by atoms with Gasteiger partial charge in [-0.15, -0.1) is 0 Å². The summed E-state index contributed by atoms with van der Waals surface area (Å²) in [4.78, 5) is 13.9. The molecule has 0 spiro atoms. The highest BCUT2D eigenvalue weighted by Gasteiger charge is 2.02. The van der Waals surface area contributed by atoms with Gasteiger partial charge in [-0.2, -0.15) is 0 Å². The first-order valence-electron chi connectivity index (χ1n) is 3.87. The van der Waals surface area contributed by atoms with Crippen LogP contribution in [0.15, 0.2) is 18.3 Å². The van der Waals surface area contributed by atoms with Crippen LogP contribution >= 0.6 is 0 Å². The number of hydrogen-bond donors (Lipinski definition) is 3. The van der Waals surface area contributed by atoms with Crippen LogP contribution in [0.2, 0.25) is 0 Å². The molecule has 0 unspecified atom stereocenters. The molecule has 0 aromatic carbocycles. The number of aromatic amines is 1. The fourth-order valence-electron chi connectivity index (χ4n) is 0.848. The number of carbonyl (C=O) groups is 1. The van der Waals surface area contributed by atoms with E-state index in [1.807, 2.05) is 0 Å². The van der Waals surface area contributed by atoms with Crippen LogP contribution in [0.1, 0.15) is 16.9 Å². The Balaban J connectivity index is 2.30. The predicted molar refractivity (Wildman–Crippen MR) is 44.8 cm³/mol. The van der Waals surface area contributed by atoms with Gasteiger partial charge in [0, 0.05) is 19.3 Å². The fraction of sp³-hybridized carbons (Fsp3) is 0.375. The minimum atomic E-state index is -0.131. The Morgan fingerprint density at radius 3 is 3.08 bits per heavy atom. The molecule has 1 heterocycles. The van der Waals surface area contributed by atoms with Gasteiger partial charge < -0.3 is 15.4 Å². The third-order valence-electron chi connectivity index (χ3n) is 1.46. The molecule has 0 aliphatic rings. The standard InChI is InChI=1S/C8H12N2O2/c11-6-2-5-10-8(12)7-3-1-4-9-7/h1,3-4,9,11H,2,5-6H2,(H,10,12). The van der Waals surface area contributed by atoms with Gasteiger partial charge in [0.2, 0.25) is 0 Å². The van der Waals surface area contributed by atoms with Gasteiger partial charge in [-0.05, 0) is 18.6 Å². The van der Waals surface area contributed by atoms with Crippen LogP contribution in [0.4, 0.5) is 0 Å². The molecule has 0 aliphatic heterocycles. The van der Waals surface area contributed by atoms with Crippen molar-refractivity contribution in [2.45, 2.75) is 6.42 Å². The van der Waals surface area contributed by atoms with E-state index in [2.05, 4.69) is 10.3 Å². The van der Waals surface area contributed by atoms with Crippen LogP contribution in [-0.4, -0.2) is 29.1 Å². The zero-order chi connectivity index (χ0) is 8.81. The maximum absolute atomic E-state index is 11.2. The van der Waals surface area contributed by atoms with Crippen molar-refractivity contribution in [3.8, 4) is 0 Å². The zero-order valence-electron chi connectivity index (χ0n) is 6.71. The smallest absolute Gasteiger partial charge is 0.267 e. The van der Waals surface area contributed by atoms with Gasteiger partial charge in [0.25, 0.3) is 5.91 Å². The first kappa shape index (κ1) is 8.80. The second-order valence-corrected chi connectivity index (χ2v) is 2.42. The molecule has 12 heavy (non-hydrogen) atoms. The maximum Gasteiger partial charge on any atom is 0.267 e. The van der Waals surface area contributed by atoms with Gasteiger partial charge in [-0.1, -0.05) is 0 Å². The number of aliphatic hydroxyl groups is 1. The highest BCUT2D eigenvalue weighted by Crippen LogP contribution is 1.92. The Morgan fingerprint density at radius 2 is 2.50 bits per heavy atom. The number of aromatic nitrogens is 1. The molecule has 1 rings (SSSR count). The Kier molecular flexibility index (Phi) is 3.35. The first-order valence-corrected chi connectivity index (χ1v) is 3.87. The number of rotatable bonds is 4. The largest absolute Gasteiger partial charge is 0.396 e. The van der Waals surface area contributed by atoms with E-state index in [-0.39, 0.29) is 12.5 Å². The van der Waals surface area contributed by atoms with Crippen LogP contribution in [-0.2, 0) is 0 Å². The number of aliphatic hydroxyl groups excluding tert-OH is 1. The van der Waals surface area contributed by atoms with E-state index in [4.69, 9.17) is 5.11 Å². The monoisotopic (exact) mass is 168 g/mol. The van der Waals surface area contributed by atoms with E-state index in [9.17, 15) is 4.79 Å². The molecule has 0 atom stereocenters. The molecule has 3 N–H and O–H groups in total. The van der Waals surface area contributed by atoms with Crippen molar-refractivity contribution >= 4 is 5.91 Å². The molecule has 4 nitrogen and oxygen atoms in total. The lowest BCUT2D eigenvalue weighted by molar-refractivity contribution is 0.0947. The van der Waals surface area contributed by atoms with Crippen LogP contribution in [0.5, 0.6) is 0 Å². The van der Waals surface area contributed by atoms with Crippen molar-refractivity contribution in [3.63, 3.8) is 0 Å². The van der Waals surface area contributed by atoms with Crippen molar-refractivity contribution in [1.29, 1.82) is 0 Å². The summed E-state index contributed by atoms with van der Waals surface area (Å²) in [6, 6.07) is 3.47. The molecular formula is C8H12N2O2. The fourth-order valence-corrected chi connectivity index (χ4v) is 0.848. The first-order chi connectivity index (χ1) is 5.84. The highest BCUT2D eigenvalue weighted by atomic mass is 16.3. The van der Waals surface area contributed by atoms with Gasteiger partial charge in [-0.3, -0.25) is 4.79 Å². The molecule has 1 aromatic rings. The van der Waals surface area contributed by atoms with Crippen LogP contribution < -0.4 is 5.32 Å². The van der Waals surface area contributed by atoms with Gasteiger partial charge in [0.05, 0.1) is 0 Å². The van der Waals surface area contributed by atoms with Crippen molar-refractivity contribution in [2.24, 2.45) is 0 Å². The summed E-state index contributed by atoms with van der Waals surface area (Å²) >= 11 is 0. The molecule has 4 heteroatoms. The molecule has 1 aromatic heterocycles. The average molecular weight is 168 g/mol. The van der Waals surface area contributed by atoms with E-state index in [0.717, 1.165) is 0 Å². The summed E-state index contributed by atoms with van der Waals surface area (Å²) in [6.45, 7) is 0.610. The second-order valence-electron chi connectivity index (χ2n) is 2.42. The molecule has 0 aliphatic carbocycles. The summed E-state index contributed by atoms with van der Waals surface area (Å²) in [5, 5.41) is 11.1. The van der Waals surface area contributed by atoms with E-state index in [0.29, 0.717) is 18.7 Å². The quantitative estimate of drug-likeness (QED) is 0.559. The van der Waals surface area contributed by atoms with Gasteiger partial charge in [-0.25, -0.2) is 0 Å². The summed E-state index contributed by atoms with van der Waals surface area (Å²) in [5.74, 6) is -0.131. The van der Waals surface area contributed by atoms with E-state index in [1.165, 1.54) is 0 Å². The summed E-state index contributed by atoms with van der Waals surface area (Å²) in [6.07, 6.45) is 2.29. The topological polar surface area (TPSA) is 65.1 Å².